The van der Waals surface area contributed by atoms with Crippen LogP contribution in [-0.2, 0) is 0 Å². The maximum absolute atomic E-state index is 5.47. The number of nitrogens with two attached hydrogens (primary N) is 1. The van der Waals surface area contributed by atoms with Gasteiger partial charge in [0.1, 0.15) is 5.75 Å². The Hall–Kier alpha value is -2.14. The average molecular weight is 258 g/mol. The van der Waals surface area contributed by atoms with Gasteiger partial charge in [0.15, 0.2) is 5.82 Å². The summed E-state index contributed by atoms with van der Waals surface area (Å²) in [4.78, 5) is 8.89. The molecule has 1 aromatic carbocycles. The lowest BCUT2D eigenvalue weighted by Gasteiger charge is -2.10. The third-order valence-corrected chi connectivity index (χ3v) is 2.79. The van der Waals surface area contributed by atoms with Crippen LogP contribution in [-0.4, -0.2) is 30.2 Å². The maximum Gasteiger partial charge on any atom is 0.163 e. The number of aryl methyl sites for hydroxylation is 1. The average Bonchev–Trinajstić information content (AvgIpc) is 2.46. The highest BCUT2D eigenvalue weighted by Gasteiger charge is 2.09. The summed E-state index contributed by atoms with van der Waals surface area (Å²) >= 11 is 0. The van der Waals surface area contributed by atoms with Crippen LogP contribution in [0.4, 0.5) is 5.69 Å². The van der Waals surface area contributed by atoms with E-state index in [4.69, 9.17) is 10.5 Å². The summed E-state index contributed by atoms with van der Waals surface area (Å²) in [5.74, 6) is 1.43. The van der Waals surface area contributed by atoms with Crippen LogP contribution >= 0.6 is 0 Å². The Balaban J connectivity index is 2.33. The van der Waals surface area contributed by atoms with Crippen molar-refractivity contribution in [3.63, 3.8) is 0 Å². The molecule has 0 radical (unpaired) electrons. The molecule has 0 saturated carbocycles. The predicted octanol–water partition coefficient (Wildman–Crippen LogP) is 1.83. The topological polar surface area (TPSA) is 73.1 Å². The van der Waals surface area contributed by atoms with Crippen molar-refractivity contribution in [2.75, 3.05) is 25.5 Å². The fourth-order valence-corrected chi connectivity index (χ4v) is 1.81. The normalized spacial score (nSPS) is 10.3. The number of hydrogen-bond acceptors (Lipinski definition) is 5. The van der Waals surface area contributed by atoms with Crippen LogP contribution in [0.2, 0.25) is 0 Å². The van der Waals surface area contributed by atoms with E-state index in [-0.39, 0.29) is 0 Å². The molecule has 1 heterocycles. The number of rotatable bonds is 5. The van der Waals surface area contributed by atoms with E-state index in [2.05, 4.69) is 15.3 Å². The van der Waals surface area contributed by atoms with Crippen LogP contribution in [0.5, 0.6) is 5.75 Å². The third-order valence-electron chi connectivity index (χ3n) is 2.79. The predicted molar refractivity (Wildman–Crippen MR) is 76.3 cm³/mol. The molecular formula is C14H18N4O. The summed E-state index contributed by atoms with van der Waals surface area (Å²) in [5, 5.41) is 3.19. The minimum atomic E-state index is 0.577. The molecule has 0 aliphatic rings. The monoisotopic (exact) mass is 258 g/mol. The largest absolute Gasteiger partial charge is 0.496 e. The van der Waals surface area contributed by atoms with E-state index < -0.39 is 0 Å². The zero-order valence-corrected chi connectivity index (χ0v) is 11.2. The van der Waals surface area contributed by atoms with E-state index in [1.807, 2.05) is 31.2 Å². The molecule has 0 aliphatic carbocycles. The van der Waals surface area contributed by atoms with Crippen LogP contribution < -0.4 is 15.8 Å². The van der Waals surface area contributed by atoms with Gasteiger partial charge < -0.3 is 15.8 Å². The summed E-state index contributed by atoms with van der Waals surface area (Å²) in [6, 6.07) is 7.71. The first-order valence-corrected chi connectivity index (χ1v) is 6.17. The molecule has 0 atom stereocenters. The van der Waals surface area contributed by atoms with Gasteiger partial charge in [0.05, 0.1) is 30.3 Å². The van der Waals surface area contributed by atoms with E-state index in [0.29, 0.717) is 18.9 Å². The highest BCUT2D eigenvalue weighted by Crippen LogP contribution is 2.27. The molecule has 0 aliphatic heterocycles. The Morgan fingerprint density at radius 3 is 2.79 bits per heavy atom. The first kappa shape index (κ1) is 13.3. The van der Waals surface area contributed by atoms with Gasteiger partial charge in [0.25, 0.3) is 0 Å². The molecule has 0 fully saturated rings. The highest BCUT2D eigenvalue weighted by molar-refractivity contribution is 5.65. The van der Waals surface area contributed by atoms with Crippen molar-refractivity contribution < 1.29 is 4.74 Å². The Kier molecular flexibility index (Phi) is 4.30. The van der Waals surface area contributed by atoms with Crippen molar-refractivity contribution in [2.24, 2.45) is 5.73 Å². The van der Waals surface area contributed by atoms with Gasteiger partial charge in [-0.1, -0.05) is 12.1 Å². The molecule has 2 aromatic rings. The maximum atomic E-state index is 5.47. The van der Waals surface area contributed by atoms with Gasteiger partial charge in [0, 0.05) is 13.1 Å². The quantitative estimate of drug-likeness (QED) is 0.856. The van der Waals surface area contributed by atoms with Crippen LogP contribution in [0, 0.1) is 6.92 Å². The minimum absolute atomic E-state index is 0.577. The first-order valence-electron chi connectivity index (χ1n) is 6.17. The van der Waals surface area contributed by atoms with E-state index in [0.717, 1.165) is 22.7 Å². The molecule has 5 nitrogen and oxygen atoms in total. The lowest BCUT2D eigenvalue weighted by atomic mass is 10.2. The number of methoxy groups -OCH3 is 1. The van der Waals surface area contributed by atoms with Gasteiger partial charge in [-0.15, -0.1) is 0 Å². The Morgan fingerprint density at radius 1 is 1.32 bits per heavy atom. The fourth-order valence-electron chi connectivity index (χ4n) is 1.81. The second-order valence-electron chi connectivity index (χ2n) is 4.11. The minimum Gasteiger partial charge on any atom is -0.496 e. The smallest absolute Gasteiger partial charge is 0.163 e. The number of ether oxygens (including phenoxy) is 1. The molecule has 19 heavy (non-hydrogen) atoms. The number of aromatic nitrogens is 2. The second-order valence-corrected chi connectivity index (χ2v) is 4.11. The van der Waals surface area contributed by atoms with Crippen molar-refractivity contribution in [1.82, 2.24) is 9.97 Å². The van der Waals surface area contributed by atoms with E-state index in [1.165, 1.54) is 0 Å². The molecule has 3 N–H and O–H groups in total. The van der Waals surface area contributed by atoms with E-state index in [9.17, 15) is 0 Å². The summed E-state index contributed by atoms with van der Waals surface area (Å²) in [5.41, 5.74) is 8.15. The zero-order chi connectivity index (χ0) is 13.7. The van der Waals surface area contributed by atoms with Crippen LogP contribution in [0.1, 0.15) is 5.69 Å². The highest BCUT2D eigenvalue weighted by atomic mass is 16.5. The summed E-state index contributed by atoms with van der Waals surface area (Å²) < 4.78 is 5.32. The van der Waals surface area contributed by atoms with Gasteiger partial charge in [-0.25, -0.2) is 9.97 Å². The molecule has 5 heteroatoms. The van der Waals surface area contributed by atoms with Gasteiger partial charge >= 0.3 is 0 Å². The molecule has 2 rings (SSSR count). The number of nitrogens with zero attached hydrogens (tertiary/aromatic N) is 2. The molecule has 1 aromatic heterocycles. The lowest BCUT2D eigenvalue weighted by Crippen LogP contribution is -2.14. The third kappa shape index (κ3) is 3.00. The fraction of sp³-hybridized carbons (Fsp3) is 0.286. The van der Waals surface area contributed by atoms with Crippen molar-refractivity contribution in [2.45, 2.75) is 6.92 Å². The number of para-hydroxylation sites is 1. The van der Waals surface area contributed by atoms with Crippen LogP contribution in [0.25, 0.3) is 11.4 Å². The van der Waals surface area contributed by atoms with Gasteiger partial charge in [-0.3, -0.25) is 0 Å². The molecule has 0 spiro atoms. The van der Waals surface area contributed by atoms with Crippen LogP contribution in [0.15, 0.2) is 30.5 Å². The van der Waals surface area contributed by atoms with Crippen LogP contribution in [0.3, 0.4) is 0 Å². The molecule has 0 bridgehead atoms. The van der Waals surface area contributed by atoms with E-state index >= 15 is 0 Å². The summed E-state index contributed by atoms with van der Waals surface area (Å²) in [7, 11) is 1.64. The Morgan fingerprint density at radius 2 is 2.11 bits per heavy atom. The Bertz CT molecular complexity index is 557. The number of benzene rings is 1. The standard InChI is InChI=1S/C14H18N4O/c1-10-12(16-8-7-15)9-17-14(18-10)11-5-3-4-6-13(11)19-2/h3-6,9,16H,7-8,15H2,1-2H3. The van der Waals surface area contributed by atoms with Crippen molar-refractivity contribution in [3.8, 4) is 17.1 Å². The van der Waals surface area contributed by atoms with Crippen molar-refractivity contribution in [3.05, 3.63) is 36.2 Å². The Labute approximate surface area is 112 Å². The van der Waals surface area contributed by atoms with Crippen molar-refractivity contribution >= 4 is 5.69 Å². The number of anilines is 1. The van der Waals surface area contributed by atoms with Gasteiger partial charge in [-0.2, -0.15) is 0 Å². The molecule has 0 amide bonds. The van der Waals surface area contributed by atoms with E-state index in [1.54, 1.807) is 13.3 Å². The summed E-state index contributed by atoms with van der Waals surface area (Å²) in [6.07, 6.45) is 1.78. The molecule has 100 valence electrons. The van der Waals surface area contributed by atoms with Gasteiger partial charge in [-0.05, 0) is 19.1 Å². The lowest BCUT2D eigenvalue weighted by molar-refractivity contribution is 0.416. The number of nitrogens with one attached hydrogen (secondary N) is 1. The zero-order valence-electron chi connectivity index (χ0n) is 11.2. The molecular weight excluding hydrogens is 240 g/mol. The van der Waals surface area contributed by atoms with Gasteiger partial charge in [0.2, 0.25) is 0 Å². The molecule has 0 saturated heterocycles. The SMILES string of the molecule is COc1ccccc1-c1ncc(NCCN)c(C)n1. The summed E-state index contributed by atoms with van der Waals surface area (Å²) in [6.45, 7) is 3.23. The van der Waals surface area contributed by atoms with Crippen molar-refractivity contribution in [1.29, 1.82) is 0 Å². The molecule has 0 unspecified atom stereocenters. The number of hydrogen-bond donors (Lipinski definition) is 2. The first-order chi connectivity index (χ1) is 9.26. The second kappa shape index (κ2) is 6.15.